The second-order valence-electron chi connectivity index (χ2n) is 1.10. The second kappa shape index (κ2) is 1.85. The molecular weight excluding hydrogens is 124 g/mol. The lowest BCUT2D eigenvalue weighted by Crippen LogP contribution is -1.78. The molecule has 0 unspecified atom stereocenters. The van der Waals surface area contributed by atoms with Crippen LogP contribution in [-0.2, 0) is 0 Å². The summed E-state index contributed by atoms with van der Waals surface area (Å²) in [5.41, 5.74) is 0. The Bertz CT molecular complexity index is 262. The van der Waals surface area contributed by atoms with E-state index in [1.165, 1.54) is 6.26 Å². The fourth-order valence-corrected chi connectivity index (χ4v) is 0.734. The maximum atomic E-state index is 10.2. The Morgan fingerprint density at radius 2 is 2.62 bits per heavy atom. The minimum absolute atomic E-state index is 0.349. The highest BCUT2D eigenvalue weighted by Crippen LogP contribution is 1.97. The van der Waals surface area contributed by atoms with E-state index in [-0.39, 0.29) is 4.94 Å². The van der Waals surface area contributed by atoms with E-state index in [9.17, 15) is 4.79 Å². The van der Waals surface area contributed by atoms with E-state index < -0.39 is 0 Å². The van der Waals surface area contributed by atoms with E-state index >= 15 is 0 Å². The second-order valence-corrected chi connectivity index (χ2v) is 2.07. The lowest BCUT2D eigenvalue weighted by Gasteiger charge is -1.62. The monoisotopic (exact) mass is 126 g/mol. The van der Waals surface area contributed by atoms with Crippen LogP contribution >= 0.6 is 11.3 Å². The van der Waals surface area contributed by atoms with Crippen LogP contribution in [0.25, 0.3) is 0 Å². The minimum Gasteiger partial charge on any atom is -0.421 e. The van der Waals surface area contributed by atoms with Gasteiger partial charge in [-0.05, 0) is 11.3 Å². The van der Waals surface area contributed by atoms with Gasteiger partial charge in [0.2, 0.25) is 0 Å². The lowest BCUT2D eigenvalue weighted by molar-refractivity contribution is 0.536. The van der Waals surface area contributed by atoms with Crippen molar-refractivity contribution in [3.63, 3.8) is 0 Å². The molecule has 1 aromatic rings. The van der Waals surface area contributed by atoms with Crippen LogP contribution in [0, 0.1) is 12.3 Å². The van der Waals surface area contributed by atoms with Crippen molar-refractivity contribution in [1.82, 2.24) is 0 Å². The van der Waals surface area contributed by atoms with Gasteiger partial charge >= 0.3 is 4.94 Å². The smallest absolute Gasteiger partial charge is 0.396 e. The van der Waals surface area contributed by atoms with E-state index in [4.69, 9.17) is 6.42 Å². The highest BCUT2D eigenvalue weighted by Gasteiger charge is 1.90. The molecule has 3 heteroatoms. The predicted molar refractivity (Wildman–Crippen MR) is 30.8 cm³/mol. The van der Waals surface area contributed by atoms with Gasteiger partial charge in [0.15, 0.2) is 0 Å². The molecule has 8 heavy (non-hydrogen) atoms. The van der Waals surface area contributed by atoms with Crippen LogP contribution in [0.5, 0.6) is 0 Å². The first kappa shape index (κ1) is 5.13. The van der Waals surface area contributed by atoms with Gasteiger partial charge in [0, 0.05) is 0 Å². The van der Waals surface area contributed by atoms with E-state index in [1.807, 2.05) is 0 Å². The molecule has 1 rings (SSSR count). The molecule has 1 aromatic heterocycles. The fraction of sp³-hybridized carbons (Fsp3) is 0. The Labute approximate surface area is 49.8 Å². The van der Waals surface area contributed by atoms with Gasteiger partial charge in [0.25, 0.3) is 0 Å². The Kier molecular flexibility index (Phi) is 1.18. The van der Waals surface area contributed by atoms with Gasteiger partial charge in [-0.25, -0.2) is 4.79 Å². The fourth-order valence-electron chi connectivity index (χ4n) is 0.303. The van der Waals surface area contributed by atoms with Crippen LogP contribution in [0.15, 0.2) is 15.5 Å². The topological polar surface area (TPSA) is 30.2 Å². The summed E-state index contributed by atoms with van der Waals surface area (Å²) in [7, 11) is 0. The van der Waals surface area contributed by atoms with Crippen molar-refractivity contribution >= 4 is 11.3 Å². The molecular formula is C5H2O2S. The quantitative estimate of drug-likeness (QED) is 0.478. The van der Waals surface area contributed by atoms with Gasteiger partial charge in [-0.15, -0.1) is 6.42 Å². The first-order chi connectivity index (χ1) is 3.83. The summed E-state index contributed by atoms with van der Waals surface area (Å²) in [5, 5.41) is 0. The standard InChI is InChI=1S/C5H2O2S/c1-2-4-3-7-5(6)8-4/h1,3H. The summed E-state index contributed by atoms with van der Waals surface area (Å²) in [6, 6.07) is 0. The highest BCUT2D eigenvalue weighted by atomic mass is 32.1. The molecule has 0 fully saturated rings. The average Bonchev–Trinajstić information content (AvgIpc) is 2.14. The van der Waals surface area contributed by atoms with Gasteiger partial charge in [0.1, 0.15) is 11.1 Å². The van der Waals surface area contributed by atoms with E-state index in [0.717, 1.165) is 11.3 Å². The summed E-state index contributed by atoms with van der Waals surface area (Å²) >= 11 is 0.929. The van der Waals surface area contributed by atoms with Crippen LogP contribution in [0.4, 0.5) is 0 Å². The van der Waals surface area contributed by atoms with Crippen molar-refractivity contribution < 1.29 is 4.42 Å². The van der Waals surface area contributed by atoms with E-state index in [2.05, 4.69) is 10.3 Å². The molecule has 0 saturated heterocycles. The zero-order valence-corrected chi connectivity index (χ0v) is 4.70. The minimum atomic E-state index is -0.349. The van der Waals surface area contributed by atoms with E-state index in [0.29, 0.717) is 4.88 Å². The third-order valence-corrected chi connectivity index (χ3v) is 1.29. The van der Waals surface area contributed by atoms with Gasteiger partial charge in [-0.3, -0.25) is 0 Å². The average molecular weight is 126 g/mol. The highest BCUT2D eigenvalue weighted by molar-refractivity contribution is 7.09. The molecule has 0 radical (unpaired) electrons. The molecule has 40 valence electrons. The summed E-state index contributed by atoms with van der Waals surface area (Å²) < 4.78 is 4.38. The Balaban J connectivity index is 3.25. The maximum Gasteiger partial charge on any atom is 0.396 e. The van der Waals surface area contributed by atoms with Gasteiger partial charge in [-0.2, -0.15) is 0 Å². The molecule has 0 aliphatic heterocycles. The van der Waals surface area contributed by atoms with Crippen LogP contribution in [0.2, 0.25) is 0 Å². The molecule has 0 saturated carbocycles. The zero-order chi connectivity index (χ0) is 5.98. The zero-order valence-electron chi connectivity index (χ0n) is 3.88. The third-order valence-electron chi connectivity index (χ3n) is 0.598. The molecule has 2 nitrogen and oxygen atoms in total. The van der Waals surface area contributed by atoms with Crippen LogP contribution in [-0.4, -0.2) is 0 Å². The van der Waals surface area contributed by atoms with E-state index in [1.54, 1.807) is 0 Å². The Morgan fingerprint density at radius 3 is 2.88 bits per heavy atom. The molecule has 0 aliphatic carbocycles. The first-order valence-corrected chi connectivity index (χ1v) is 2.70. The summed E-state index contributed by atoms with van der Waals surface area (Å²) in [6.07, 6.45) is 6.20. The van der Waals surface area contributed by atoms with Crippen LogP contribution in [0.3, 0.4) is 0 Å². The number of rotatable bonds is 0. The van der Waals surface area contributed by atoms with Crippen molar-refractivity contribution in [1.29, 1.82) is 0 Å². The predicted octanol–water partition coefficient (Wildman–Crippen LogP) is 0.683. The molecule has 0 N–H and O–H groups in total. The van der Waals surface area contributed by atoms with Gasteiger partial charge < -0.3 is 4.42 Å². The SMILES string of the molecule is C#Cc1coc(=O)s1. The Hall–Kier alpha value is -1.01. The van der Waals surface area contributed by atoms with Crippen molar-refractivity contribution in [2.75, 3.05) is 0 Å². The molecule has 0 spiro atoms. The molecule has 1 heterocycles. The largest absolute Gasteiger partial charge is 0.421 e. The van der Waals surface area contributed by atoms with Crippen molar-refractivity contribution in [3.8, 4) is 12.3 Å². The normalized spacial score (nSPS) is 8.38. The summed E-state index contributed by atoms with van der Waals surface area (Å²) in [5.74, 6) is 2.27. The first-order valence-electron chi connectivity index (χ1n) is 1.88. The van der Waals surface area contributed by atoms with Crippen molar-refractivity contribution in [2.45, 2.75) is 0 Å². The lowest BCUT2D eigenvalue weighted by atomic mass is 10.6. The molecule has 0 aliphatic rings. The van der Waals surface area contributed by atoms with Gasteiger partial charge in [0.05, 0.1) is 0 Å². The Morgan fingerprint density at radius 1 is 1.88 bits per heavy atom. The number of hydrogen-bond donors (Lipinski definition) is 0. The van der Waals surface area contributed by atoms with Gasteiger partial charge in [-0.1, -0.05) is 5.92 Å². The summed E-state index contributed by atoms with van der Waals surface area (Å²) in [6.45, 7) is 0. The molecule has 0 atom stereocenters. The molecule has 0 aromatic carbocycles. The number of hydrogen-bond acceptors (Lipinski definition) is 3. The molecule has 0 bridgehead atoms. The third kappa shape index (κ3) is 0.796. The van der Waals surface area contributed by atoms with Crippen molar-refractivity contribution in [3.05, 3.63) is 20.9 Å². The number of terminal acetylenes is 1. The van der Waals surface area contributed by atoms with Crippen LogP contribution in [0.1, 0.15) is 4.88 Å². The maximum absolute atomic E-state index is 10.2. The summed E-state index contributed by atoms with van der Waals surface area (Å²) in [4.78, 5) is 10.4. The van der Waals surface area contributed by atoms with Crippen LogP contribution < -0.4 is 4.94 Å². The molecule has 0 amide bonds. The van der Waals surface area contributed by atoms with Crippen molar-refractivity contribution in [2.24, 2.45) is 0 Å².